The molecule has 1 rings (SSSR count). The van der Waals surface area contributed by atoms with Crippen LogP contribution in [-0.4, -0.2) is 39.0 Å². The predicted octanol–water partition coefficient (Wildman–Crippen LogP) is 0.604. The minimum absolute atomic E-state index is 0.00338. The number of rotatable bonds is 5. The molecule has 6 nitrogen and oxygen atoms in total. The molecule has 0 fully saturated rings. The first-order valence-electron chi connectivity index (χ1n) is 4.98. The molecule has 0 radical (unpaired) electrons. The van der Waals surface area contributed by atoms with Gasteiger partial charge in [-0.1, -0.05) is 6.92 Å². The molecule has 88 valence electrons. The summed E-state index contributed by atoms with van der Waals surface area (Å²) in [6.45, 7) is 3.73. The highest BCUT2D eigenvalue weighted by Gasteiger charge is 2.16. The van der Waals surface area contributed by atoms with Crippen LogP contribution < -0.4 is 5.32 Å². The molecule has 0 aliphatic heterocycles. The van der Waals surface area contributed by atoms with Crippen LogP contribution in [0.5, 0.6) is 0 Å². The molecule has 0 saturated heterocycles. The van der Waals surface area contributed by atoms with Crippen molar-refractivity contribution < 1.29 is 15.0 Å². The molecule has 0 bridgehead atoms. The lowest BCUT2D eigenvalue weighted by Gasteiger charge is -2.20. The molecule has 2 atom stereocenters. The van der Waals surface area contributed by atoms with E-state index in [1.165, 1.54) is 12.3 Å². The number of hydrogen-bond acceptors (Lipinski definition) is 5. The minimum Gasteiger partial charge on any atom is -0.478 e. The van der Waals surface area contributed by atoms with E-state index in [0.29, 0.717) is 0 Å². The van der Waals surface area contributed by atoms with Crippen LogP contribution in [0, 0.1) is 5.92 Å². The van der Waals surface area contributed by atoms with Gasteiger partial charge in [0.25, 0.3) is 0 Å². The van der Waals surface area contributed by atoms with Crippen LogP contribution in [0.3, 0.4) is 0 Å². The molecule has 0 aromatic carbocycles. The highest BCUT2D eigenvalue weighted by Crippen LogP contribution is 2.14. The Morgan fingerprint density at radius 2 is 2.25 bits per heavy atom. The number of hydrogen-bond donors (Lipinski definition) is 3. The first kappa shape index (κ1) is 12.4. The van der Waals surface area contributed by atoms with E-state index in [9.17, 15) is 4.79 Å². The van der Waals surface area contributed by atoms with Gasteiger partial charge in [0.2, 0.25) is 0 Å². The fourth-order valence-electron chi connectivity index (χ4n) is 1.13. The third-order valence-corrected chi connectivity index (χ3v) is 2.46. The molecule has 0 saturated carbocycles. The van der Waals surface area contributed by atoms with E-state index in [1.807, 2.05) is 13.8 Å². The zero-order valence-corrected chi connectivity index (χ0v) is 9.21. The molecule has 3 N–H and O–H groups in total. The number of aliphatic hydroxyl groups is 1. The van der Waals surface area contributed by atoms with Crippen LogP contribution in [0.4, 0.5) is 5.82 Å². The number of carboxylic acids is 1. The number of anilines is 1. The fourth-order valence-corrected chi connectivity index (χ4v) is 1.13. The zero-order valence-electron chi connectivity index (χ0n) is 9.21. The normalized spacial score (nSPS) is 14.2. The second kappa shape index (κ2) is 5.41. The van der Waals surface area contributed by atoms with Gasteiger partial charge in [-0.2, -0.15) is 5.10 Å². The van der Waals surface area contributed by atoms with Crippen molar-refractivity contribution in [2.24, 2.45) is 5.92 Å². The number of aliphatic hydroxyl groups excluding tert-OH is 1. The van der Waals surface area contributed by atoms with Crippen LogP contribution in [-0.2, 0) is 0 Å². The fraction of sp³-hybridized carbons (Fsp3) is 0.500. The van der Waals surface area contributed by atoms with Crippen molar-refractivity contribution in [3.05, 3.63) is 17.8 Å². The average Bonchev–Trinajstić information content (AvgIpc) is 2.28. The maximum absolute atomic E-state index is 10.9. The number of carbonyl (C=O) groups is 1. The highest BCUT2D eigenvalue weighted by molar-refractivity contribution is 5.92. The van der Waals surface area contributed by atoms with Gasteiger partial charge in [-0.15, -0.1) is 5.10 Å². The van der Waals surface area contributed by atoms with Gasteiger partial charge in [0.1, 0.15) is 5.56 Å². The Morgan fingerprint density at radius 1 is 1.56 bits per heavy atom. The molecule has 1 heterocycles. The van der Waals surface area contributed by atoms with Gasteiger partial charge in [0, 0.05) is 12.6 Å². The largest absolute Gasteiger partial charge is 0.478 e. The van der Waals surface area contributed by atoms with Crippen molar-refractivity contribution in [2.45, 2.75) is 19.9 Å². The average molecular weight is 225 g/mol. The minimum atomic E-state index is -1.05. The molecular formula is C10H15N3O3. The van der Waals surface area contributed by atoms with E-state index < -0.39 is 5.97 Å². The number of aromatic nitrogens is 2. The van der Waals surface area contributed by atoms with E-state index in [4.69, 9.17) is 10.2 Å². The van der Waals surface area contributed by atoms with Crippen LogP contribution in [0.1, 0.15) is 24.2 Å². The summed E-state index contributed by atoms with van der Waals surface area (Å²) in [7, 11) is 0. The summed E-state index contributed by atoms with van der Waals surface area (Å²) in [4.78, 5) is 10.9. The van der Waals surface area contributed by atoms with Crippen molar-refractivity contribution in [3.63, 3.8) is 0 Å². The molecule has 1 aromatic rings. The van der Waals surface area contributed by atoms with Gasteiger partial charge < -0.3 is 15.5 Å². The van der Waals surface area contributed by atoms with E-state index in [1.54, 1.807) is 0 Å². The summed E-state index contributed by atoms with van der Waals surface area (Å²) in [5, 5.41) is 28.2. The van der Waals surface area contributed by atoms with Gasteiger partial charge >= 0.3 is 5.97 Å². The van der Waals surface area contributed by atoms with Crippen LogP contribution in [0.15, 0.2) is 12.3 Å². The highest BCUT2D eigenvalue weighted by atomic mass is 16.4. The van der Waals surface area contributed by atoms with Crippen LogP contribution in [0.25, 0.3) is 0 Å². The molecule has 16 heavy (non-hydrogen) atoms. The van der Waals surface area contributed by atoms with Crippen molar-refractivity contribution >= 4 is 11.8 Å². The third kappa shape index (κ3) is 2.90. The third-order valence-electron chi connectivity index (χ3n) is 2.46. The van der Waals surface area contributed by atoms with Crippen LogP contribution >= 0.6 is 0 Å². The quantitative estimate of drug-likeness (QED) is 0.679. The van der Waals surface area contributed by atoms with Gasteiger partial charge in [-0.05, 0) is 18.9 Å². The zero-order chi connectivity index (χ0) is 12.1. The second-order valence-electron chi connectivity index (χ2n) is 3.69. The summed E-state index contributed by atoms with van der Waals surface area (Å²) in [5.41, 5.74) is 0.0759. The smallest absolute Gasteiger partial charge is 0.339 e. The number of carboxylic acid groups (broad SMARTS) is 1. The lowest BCUT2D eigenvalue weighted by Crippen LogP contribution is -2.27. The predicted molar refractivity (Wildman–Crippen MR) is 58.3 cm³/mol. The van der Waals surface area contributed by atoms with Gasteiger partial charge in [0.05, 0.1) is 6.20 Å². The van der Waals surface area contributed by atoms with E-state index in [0.717, 1.165) is 0 Å². The van der Waals surface area contributed by atoms with Crippen molar-refractivity contribution in [2.75, 3.05) is 11.9 Å². The maximum atomic E-state index is 10.9. The number of aromatic carboxylic acids is 1. The first-order valence-corrected chi connectivity index (χ1v) is 4.98. The standard InChI is InChI=1S/C10H15N3O3/c1-6(5-14)7(2)12-9-8(10(15)16)3-4-11-13-9/h3-4,6-7,14H,5H2,1-2H3,(H,12,13)(H,15,16). The van der Waals surface area contributed by atoms with Gasteiger partial charge in [0.15, 0.2) is 5.82 Å². The van der Waals surface area contributed by atoms with E-state index >= 15 is 0 Å². The first-order chi connectivity index (χ1) is 7.56. The molecule has 0 amide bonds. The summed E-state index contributed by atoms with van der Waals surface area (Å²) >= 11 is 0. The number of nitrogens with one attached hydrogen (secondary N) is 1. The summed E-state index contributed by atoms with van der Waals surface area (Å²) < 4.78 is 0. The summed E-state index contributed by atoms with van der Waals surface area (Å²) in [5.74, 6) is -0.826. The molecule has 0 aliphatic carbocycles. The molecule has 6 heteroatoms. The Morgan fingerprint density at radius 3 is 2.81 bits per heavy atom. The van der Waals surface area contributed by atoms with E-state index in [-0.39, 0.29) is 29.9 Å². The lowest BCUT2D eigenvalue weighted by molar-refractivity contribution is 0.0697. The summed E-state index contributed by atoms with van der Waals surface area (Å²) in [6.07, 6.45) is 1.33. The maximum Gasteiger partial charge on any atom is 0.339 e. The molecule has 0 aliphatic rings. The van der Waals surface area contributed by atoms with Gasteiger partial charge in [-0.3, -0.25) is 0 Å². The lowest BCUT2D eigenvalue weighted by atomic mass is 10.1. The Labute approximate surface area is 93.3 Å². The molecule has 2 unspecified atom stereocenters. The topological polar surface area (TPSA) is 95.3 Å². The SMILES string of the molecule is CC(CO)C(C)Nc1nnccc1C(=O)O. The molecule has 1 aromatic heterocycles. The van der Waals surface area contributed by atoms with Crippen LogP contribution in [0.2, 0.25) is 0 Å². The Bertz CT molecular complexity index is 370. The van der Waals surface area contributed by atoms with Crippen molar-refractivity contribution in [1.29, 1.82) is 0 Å². The summed E-state index contributed by atoms with van der Waals surface area (Å²) in [6, 6.07) is 1.30. The monoisotopic (exact) mass is 225 g/mol. The number of nitrogens with zero attached hydrogens (tertiary/aromatic N) is 2. The molecular weight excluding hydrogens is 210 g/mol. The molecule has 0 spiro atoms. The Kier molecular flexibility index (Phi) is 4.19. The van der Waals surface area contributed by atoms with E-state index in [2.05, 4.69) is 15.5 Å². The van der Waals surface area contributed by atoms with Gasteiger partial charge in [-0.25, -0.2) is 4.79 Å². The Hall–Kier alpha value is -1.69. The Balaban J connectivity index is 2.84. The van der Waals surface area contributed by atoms with Crippen molar-refractivity contribution in [1.82, 2.24) is 10.2 Å². The second-order valence-corrected chi connectivity index (χ2v) is 3.69. The van der Waals surface area contributed by atoms with Crippen molar-refractivity contribution in [3.8, 4) is 0 Å².